The molecule has 1 unspecified atom stereocenters. The van der Waals surface area contributed by atoms with Gasteiger partial charge in [0, 0.05) is 25.2 Å². The van der Waals surface area contributed by atoms with Crippen LogP contribution < -0.4 is 20.3 Å². The van der Waals surface area contributed by atoms with E-state index >= 15 is 0 Å². The van der Waals surface area contributed by atoms with Crippen LogP contribution in [0.25, 0.3) is 11.3 Å². The highest BCUT2D eigenvalue weighted by Gasteiger charge is 2.19. The highest BCUT2D eigenvalue weighted by Crippen LogP contribution is 2.33. The van der Waals surface area contributed by atoms with Crippen LogP contribution in [0.15, 0.2) is 60.9 Å². The lowest BCUT2D eigenvalue weighted by atomic mass is 10.0. The molecule has 1 aliphatic heterocycles. The van der Waals surface area contributed by atoms with Crippen molar-refractivity contribution in [3.05, 3.63) is 66.5 Å². The third-order valence-electron chi connectivity index (χ3n) is 6.23. The van der Waals surface area contributed by atoms with Gasteiger partial charge in [0.2, 0.25) is 0 Å². The quantitative estimate of drug-likeness (QED) is 0.251. The van der Waals surface area contributed by atoms with Crippen LogP contribution in [0.4, 0.5) is 5.82 Å². The zero-order chi connectivity index (χ0) is 24.5. The minimum absolute atomic E-state index is 0.00326. The average Bonchev–Trinajstić information content (AvgIpc) is 2.92. The average molecular weight is 478 g/mol. The van der Waals surface area contributed by atoms with Crippen molar-refractivity contribution in [1.29, 1.82) is 0 Å². The molecule has 1 atom stereocenters. The fourth-order valence-electron chi connectivity index (χ4n) is 4.29. The Morgan fingerprint density at radius 1 is 1.09 bits per heavy atom. The number of nitrogens with zero attached hydrogens (tertiary/aromatic N) is 4. The van der Waals surface area contributed by atoms with Gasteiger partial charge in [-0.15, -0.1) is 0 Å². The summed E-state index contributed by atoms with van der Waals surface area (Å²) in [5, 5.41) is 1.69. The molecule has 1 aliphatic rings. The lowest BCUT2D eigenvalue weighted by Crippen LogP contribution is -2.37. The SMILES string of the molecule is CCC(c1ccccc1)N(N)c1cncc(-c2ccc(OCCCN3CCOCC3)c(OC)c2)n1. The molecule has 1 fully saturated rings. The number of aromatic nitrogens is 2. The van der Waals surface area contributed by atoms with E-state index in [1.165, 1.54) is 0 Å². The van der Waals surface area contributed by atoms with Crippen molar-refractivity contribution in [2.45, 2.75) is 25.8 Å². The molecule has 186 valence electrons. The lowest BCUT2D eigenvalue weighted by Gasteiger charge is -2.28. The second kappa shape index (κ2) is 12.5. The van der Waals surface area contributed by atoms with Crippen molar-refractivity contribution in [3.63, 3.8) is 0 Å². The molecule has 0 radical (unpaired) electrons. The monoisotopic (exact) mass is 477 g/mol. The summed E-state index contributed by atoms with van der Waals surface area (Å²) in [6.45, 7) is 7.34. The van der Waals surface area contributed by atoms with Gasteiger partial charge in [-0.25, -0.2) is 10.8 Å². The van der Waals surface area contributed by atoms with Gasteiger partial charge in [0.25, 0.3) is 0 Å². The van der Waals surface area contributed by atoms with Crippen molar-refractivity contribution in [2.24, 2.45) is 5.84 Å². The third-order valence-corrected chi connectivity index (χ3v) is 6.23. The van der Waals surface area contributed by atoms with E-state index in [1.54, 1.807) is 24.5 Å². The standard InChI is InChI=1S/C27H35N5O3/c1-3-24(21-8-5-4-6-9-21)32(28)27-20-29-19-23(30-27)22-10-11-25(26(18-22)33-2)35-15-7-12-31-13-16-34-17-14-31/h4-6,8-11,18-20,24H,3,7,12-17,28H2,1-2H3. The molecule has 2 aromatic carbocycles. The molecule has 8 heteroatoms. The van der Waals surface area contributed by atoms with E-state index in [2.05, 4.69) is 28.9 Å². The van der Waals surface area contributed by atoms with Crippen LogP contribution in [0, 0.1) is 0 Å². The normalized spacial score (nSPS) is 14.9. The Hall–Kier alpha value is -3.20. The third kappa shape index (κ3) is 6.48. The summed E-state index contributed by atoms with van der Waals surface area (Å²) in [5.41, 5.74) is 2.75. The van der Waals surface area contributed by atoms with Gasteiger partial charge in [0.05, 0.1) is 51.1 Å². The van der Waals surface area contributed by atoms with E-state index in [1.807, 2.05) is 36.4 Å². The van der Waals surface area contributed by atoms with Crippen LogP contribution in [0.2, 0.25) is 0 Å². The number of benzene rings is 2. The van der Waals surface area contributed by atoms with Crippen molar-refractivity contribution in [2.75, 3.05) is 51.6 Å². The van der Waals surface area contributed by atoms with Crippen LogP contribution in [0.3, 0.4) is 0 Å². The number of morpholine rings is 1. The first-order chi connectivity index (χ1) is 17.2. The number of rotatable bonds is 11. The molecule has 0 spiro atoms. The molecular formula is C27H35N5O3. The molecule has 8 nitrogen and oxygen atoms in total. The number of nitrogens with two attached hydrogens (primary N) is 1. The summed E-state index contributed by atoms with van der Waals surface area (Å²) >= 11 is 0. The predicted octanol–water partition coefficient (Wildman–Crippen LogP) is 4.08. The Balaban J connectivity index is 1.43. The Morgan fingerprint density at radius 3 is 2.63 bits per heavy atom. The number of ether oxygens (including phenoxy) is 3. The Morgan fingerprint density at radius 2 is 1.89 bits per heavy atom. The number of hydrogen-bond acceptors (Lipinski definition) is 8. The summed E-state index contributed by atoms with van der Waals surface area (Å²) in [5.74, 6) is 8.51. The summed E-state index contributed by atoms with van der Waals surface area (Å²) < 4.78 is 17.0. The number of anilines is 1. The molecule has 0 amide bonds. The Bertz CT molecular complexity index is 1060. The van der Waals surface area contributed by atoms with Crippen molar-refractivity contribution < 1.29 is 14.2 Å². The first-order valence-electron chi connectivity index (χ1n) is 12.2. The van der Waals surface area contributed by atoms with E-state index in [0.717, 1.165) is 68.3 Å². The van der Waals surface area contributed by atoms with E-state index < -0.39 is 0 Å². The second-order valence-electron chi connectivity index (χ2n) is 8.53. The van der Waals surface area contributed by atoms with Gasteiger partial charge in [-0.2, -0.15) is 0 Å². The maximum absolute atomic E-state index is 6.51. The first-order valence-corrected chi connectivity index (χ1v) is 12.2. The van der Waals surface area contributed by atoms with Crippen LogP contribution in [-0.2, 0) is 4.74 Å². The van der Waals surface area contributed by atoms with Gasteiger partial charge >= 0.3 is 0 Å². The summed E-state index contributed by atoms with van der Waals surface area (Å²) in [6.07, 6.45) is 5.22. The molecule has 2 N–H and O–H groups in total. The molecule has 0 aliphatic carbocycles. The molecule has 3 aromatic rings. The minimum Gasteiger partial charge on any atom is -0.493 e. The molecule has 0 saturated carbocycles. The molecule has 1 aromatic heterocycles. The number of methoxy groups -OCH3 is 1. The van der Waals surface area contributed by atoms with Crippen molar-refractivity contribution >= 4 is 5.82 Å². The summed E-state index contributed by atoms with van der Waals surface area (Å²) in [6, 6.07) is 16.0. The van der Waals surface area contributed by atoms with Gasteiger partial charge in [-0.05, 0) is 36.6 Å². The lowest BCUT2D eigenvalue weighted by molar-refractivity contribution is 0.0357. The molecule has 1 saturated heterocycles. The van der Waals surface area contributed by atoms with E-state index in [0.29, 0.717) is 18.2 Å². The van der Waals surface area contributed by atoms with Crippen LogP contribution in [0.5, 0.6) is 11.5 Å². The van der Waals surface area contributed by atoms with Gasteiger partial charge in [0.1, 0.15) is 0 Å². The second-order valence-corrected chi connectivity index (χ2v) is 8.53. The van der Waals surface area contributed by atoms with Crippen molar-refractivity contribution in [3.8, 4) is 22.8 Å². The van der Waals surface area contributed by atoms with Gasteiger partial charge in [-0.3, -0.25) is 14.9 Å². The highest BCUT2D eigenvalue weighted by molar-refractivity contribution is 5.64. The smallest absolute Gasteiger partial charge is 0.162 e. The van der Waals surface area contributed by atoms with Crippen LogP contribution in [-0.4, -0.2) is 61.4 Å². The predicted molar refractivity (Wildman–Crippen MR) is 138 cm³/mol. The molecule has 0 bridgehead atoms. The van der Waals surface area contributed by atoms with Gasteiger partial charge in [0.15, 0.2) is 17.3 Å². The maximum Gasteiger partial charge on any atom is 0.162 e. The minimum atomic E-state index is 0.00326. The summed E-state index contributed by atoms with van der Waals surface area (Å²) in [7, 11) is 1.65. The molecular weight excluding hydrogens is 442 g/mol. The first kappa shape index (κ1) is 24.9. The topological polar surface area (TPSA) is 86.0 Å². The van der Waals surface area contributed by atoms with E-state index in [4.69, 9.17) is 25.0 Å². The van der Waals surface area contributed by atoms with E-state index in [9.17, 15) is 0 Å². The zero-order valence-corrected chi connectivity index (χ0v) is 20.6. The summed E-state index contributed by atoms with van der Waals surface area (Å²) in [4.78, 5) is 11.6. The van der Waals surface area contributed by atoms with E-state index in [-0.39, 0.29) is 6.04 Å². The molecule has 35 heavy (non-hydrogen) atoms. The fraction of sp³-hybridized carbons (Fsp3) is 0.407. The van der Waals surface area contributed by atoms with Gasteiger partial charge < -0.3 is 14.2 Å². The Kier molecular flexibility index (Phi) is 8.89. The fourth-order valence-corrected chi connectivity index (χ4v) is 4.29. The molecule has 4 rings (SSSR count). The molecule has 2 heterocycles. The largest absolute Gasteiger partial charge is 0.493 e. The van der Waals surface area contributed by atoms with Crippen LogP contribution >= 0.6 is 0 Å². The Labute approximate surface area is 207 Å². The number of hydrogen-bond donors (Lipinski definition) is 1. The van der Waals surface area contributed by atoms with Crippen molar-refractivity contribution in [1.82, 2.24) is 14.9 Å². The highest BCUT2D eigenvalue weighted by atomic mass is 16.5. The van der Waals surface area contributed by atoms with Crippen LogP contribution in [0.1, 0.15) is 31.4 Å². The zero-order valence-electron chi connectivity index (χ0n) is 20.6. The van der Waals surface area contributed by atoms with Gasteiger partial charge in [-0.1, -0.05) is 37.3 Å². The number of hydrazine groups is 1. The maximum atomic E-state index is 6.51.